The maximum absolute atomic E-state index is 12.9. The molecule has 1 aromatic carbocycles. The van der Waals surface area contributed by atoms with Crippen molar-refractivity contribution in [1.29, 1.82) is 0 Å². The number of nitrogens with zero attached hydrogens (tertiary/aromatic N) is 3. The number of hydrogen-bond donors (Lipinski definition) is 3. The zero-order valence-corrected chi connectivity index (χ0v) is 15.3. The molecular weight excluding hydrogens is 386 g/mol. The molecule has 29 heavy (non-hydrogen) atoms. The van der Waals surface area contributed by atoms with E-state index in [1.54, 1.807) is 18.2 Å². The maximum atomic E-state index is 12.9. The lowest BCUT2D eigenvalue weighted by molar-refractivity contribution is -0.0555. The molecule has 0 radical (unpaired) electrons. The van der Waals surface area contributed by atoms with Crippen LogP contribution in [0.3, 0.4) is 0 Å². The second kappa shape index (κ2) is 7.44. The molecule has 1 unspecified atom stereocenters. The minimum absolute atomic E-state index is 0.208. The normalized spacial score (nSPS) is 24.3. The third kappa shape index (κ3) is 3.13. The highest BCUT2D eigenvalue weighted by Crippen LogP contribution is 2.29. The molecule has 3 N–H and O–H groups in total. The van der Waals surface area contributed by atoms with Crippen molar-refractivity contribution in [1.82, 2.24) is 14.3 Å². The van der Waals surface area contributed by atoms with Gasteiger partial charge in [-0.3, -0.25) is 13.9 Å². The van der Waals surface area contributed by atoms with E-state index in [2.05, 4.69) is 5.16 Å². The van der Waals surface area contributed by atoms with Crippen molar-refractivity contribution in [2.75, 3.05) is 13.7 Å². The minimum atomic E-state index is -1.45. The van der Waals surface area contributed by atoms with Crippen LogP contribution in [-0.2, 0) is 11.3 Å². The molecule has 0 saturated carbocycles. The lowest BCUT2D eigenvalue weighted by Gasteiger charge is -2.18. The van der Waals surface area contributed by atoms with Crippen LogP contribution in [-0.4, -0.2) is 61.6 Å². The SMILES string of the molecule is COc1cccc2onc(Cn3c(=O)ccn([C@@H]4O[C@H](CO)C(O)[C@@H]4O)c3=O)c12. The third-order valence-corrected chi connectivity index (χ3v) is 4.95. The highest BCUT2D eigenvalue weighted by atomic mass is 16.6. The molecule has 4 atom stereocenters. The maximum Gasteiger partial charge on any atom is 0.333 e. The fourth-order valence-corrected chi connectivity index (χ4v) is 3.43. The Morgan fingerprint density at radius 1 is 1.21 bits per heavy atom. The van der Waals surface area contributed by atoms with Crippen molar-refractivity contribution in [3.8, 4) is 5.75 Å². The molecule has 0 amide bonds. The van der Waals surface area contributed by atoms with Crippen LogP contribution in [0, 0.1) is 0 Å². The Bertz CT molecular complexity index is 1150. The smallest absolute Gasteiger partial charge is 0.333 e. The lowest BCUT2D eigenvalue weighted by atomic mass is 10.1. The molecular formula is C18H19N3O8. The van der Waals surface area contributed by atoms with E-state index in [0.29, 0.717) is 22.4 Å². The summed E-state index contributed by atoms with van der Waals surface area (Å²) in [5.41, 5.74) is -0.620. The van der Waals surface area contributed by atoms with Gasteiger partial charge in [0.2, 0.25) is 0 Å². The van der Waals surface area contributed by atoms with Gasteiger partial charge in [0.1, 0.15) is 29.8 Å². The first kappa shape index (κ1) is 19.3. The molecule has 11 nitrogen and oxygen atoms in total. The van der Waals surface area contributed by atoms with Gasteiger partial charge in [0, 0.05) is 12.3 Å². The van der Waals surface area contributed by atoms with Crippen molar-refractivity contribution in [2.45, 2.75) is 31.1 Å². The average Bonchev–Trinajstić information content (AvgIpc) is 3.26. The molecule has 0 bridgehead atoms. The quantitative estimate of drug-likeness (QED) is 0.477. The Hall–Kier alpha value is -2.99. The third-order valence-electron chi connectivity index (χ3n) is 4.95. The first-order chi connectivity index (χ1) is 14.0. The molecule has 1 fully saturated rings. The zero-order chi connectivity index (χ0) is 20.7. The van der Waals surface area contributed by atoms with E-state index in [9.17, 15) is 24.9 Å². The molecule has 1 aliphatic heterocycles. The van der Waals surface area contributed by atoms with Gasteiger partial charge in [-0.05, 0) is 12.1 Å². The second-order valence-electron chi connectivity index (χ2n) is 6.62. The summed E-state index contributed by atoms with van der Waals surface area (Å²) >= 11 is 0. The number of aromatic nitrogens is 3. The van der Waals surface area contributed by atoms with Crippen molar-refractivity contribution < 1.29 is 29.3 Å². The summed E-state index contributed by atoms with van der Waals surface area (Å²) in [6.07, 6.45) is -3.97. The second-order valence-corrected chi connectivity index (χ2v) is 6.62. The number of aliphatic hydroxyl groups excluding tert-OH is 3. The van der Waals surface area contributed by atoms with Gasteiger partial charge in [-0.1, -0.05) is 11.2 Å². The Kier molecular flexibility index (Phi) is 4.96. The Balaban J connectivity index is 1.76. The van der Waals surface area contributed by atoms with Crippen LogP contribution in [0.1, 0.15) is 11.9 Å². The van der Waals surface area contributed by atoms with Gasteiger partial charge in [0.05, 0.1) is 25.6 Å². The molecule has 1 saturated heterocycles. The molecule has 0 aliphatic carbocycles. The molecule has 11 heteroatoms. The standard InChI is InChI=1S/C18H19N3O8/c1-27-10-3-2-4-11-14(10)9(19-29-11)7-21-13(23)5-6-20(18(21)26)17-16(25)15(24)12(8-22)28-17/h2-6,12,15-17,22,24-25H,7-8H2,1H3/t12-,15?,16+,17-/m1/s1. The van der Waals surface area contributed by atoms with Crippen LogP contribution in [0.5, 0.6) is 5.75 Å². The van der Waals surface area contributed by atoms with Crippen molar-refractivity contribution in [2.24, 2.45) is 0 Å². The first-order valence-corrected chi connectivity index (χ1v) is 8.82. The molecule has 2 aromatic heterocycles. The summed E-state index contributed by atoms with van der Waals surface area (Å²) in [5.74, 6) is 0.478. The predicted molar refractivity (Wildman–Crippen MR) is 97.6 cm³/mol. The van der Waals surface area contributed by atoms with E-state index >= 15 is 0 Å². The van der Waals surface area contributed by atoms with E-state index in [1.165, 1.54) is 13.3 Å². The molecule has 3 heterocycles. The van der Waals surface area contributed by atoms with Gasteiger partial charge in [-0.15, -0.1) is 0 Å². The van der Waals surface area contributed by atoms with Gasteiger partial charge in [-0.2, -0.15) is 0 Å². The summed E-state index contributed by atoms with van der Waals surface area (Å²) in [5, 5.41) is 33.8. The van der Waals surface area contributed by atoms with Crippen LogP contribution in [0.15, 0.2) is 44.6 Å². The fraction of sp³-hybridized carbons (Fsp3) is 0.389. The average molecular weight is 405 g/mol. The Labute approximate surface area is 162 Å². The van der Waals surface area contributed by atoms with Crippen molar-refractivity contribution in [3.63, 3.8) is 0 Å². The number of fused-ring (bicyclic) bond motifs is 1. The highest BCUT2D eigenvalue weighted by Gasteiger charge is 2.43. The van der Waals surface area contributed by atoms with Crippen molar-refractivity contribution in [3.05, 3.63) is 57.0 Å². The highest BCUT2D eigenvalue weighted by molar-refractivity contribution is 5.86. The Morgan fingerprint density at radius 3 is 2.69 bits per heavy atom. The summed E-state index contributed by atoms with van der Waals surface area (Å²) in [6, 6.07) is 6.24. The number of methoxy groups -OCH3 is 1. The van der Waals surface area contributed by atoms with Crippen LogP contribution >= 0.6 is 0 Å². The Morgan fingerprint density at radius 2 is 2.00 bits per heavy atom. The zero-order valence-electron chi connectivity index (χ0n) is 15.3. The lowest BCUT2D eigenvalue weighted by Crippen LogP contribution is -2.43. The summed E-state index contributed by atoms with van der Waals surface area (Å²) in [6.45, 7) is -0.742. The molecule has 4 rings (SSSR count). The number of benzene rings is 1. The van der Waals surface area contributed by atoms with Gasteiger partial charge < -0.3 is 29.3 Å². The minimum Gasteiger partial charge on any atom is -0.496 e. The molecule has 0 spiro atoms. The van der Waals surface area contributed by atoms with Crippen molar-refractivity contribution >= 4 is 11.0 Å². The summed E-state index contributed by atoms with van der Waals surface area (Å²) < 4.78 is 17.8. The van der Waals surface area contributed by atoms with E-state index < -0.39 is 42.4 Å². The number of aliphatic hydroxyl groups is 3. The van der Waals surface area contributed by atoms with Crippen LogP contribution in [0.25, 0.3) is 11.0 Å². The van der Waals surface area contributed by atoms with E-state index in [1.807, 2.05) is 0 Å². The number of ether oxygens (including phenoxy) is 2. The molecule has 3 aromatic rings. The van der Waals surface area contributed by atoms with E-state index in [0.717, 1.165) is 15.2 Å². The molecule has 1 aliphatic rings. The summed E-state index contributed by atoms with van der Waals surface area (Å²) in [7, 11) is 1.48. The van der Waals surface area contributed by atoms with Gasteiger partial charge in [-0.25, -0.2) is 4.79 Å². The largest absolute Gasteiger partial charge is 0.496 e. The fourth-order valence-electron chi connectivity index (χ4n) is 3.43. The monoisotopic (exact) mass is 405 g/mol. The first-order valence-electron chi connectivity index (χ1n) is 8.82. The van der Waals surface area contributed by atoms with Gasteiger partial charge in [0.15, 0.2) is 11.8 Å². The number of hydrogen-bond acceptors (Lipinski definition) is 9. The van der Waals surface area contributed by atoms with Gasteiger partial charge in [0.25, 0.3) is 5.56 Å². The van der Waals surface area contributed by atoms with Crippen LogP contribution in [0.2, 0.25) is 0 Å². The summed E-state index contributed by atoms with van der Waals surface area (Å²) in [4.78, 5) is 25.3. The predicted octanol–water partition coefficient (Wildman–Crippen LogP) is -1.18. The van der Waals surface area contributed by atoms with Crippen LogP contribution in [0.4, 0.5) is 0 Å². The van der Waals surface area contributed by atoms with Gasteiger partial charge >= 0.3 is 5.69 Å². The van der Waals surface area contributed by atoms with Crippen LogP contribution < -0.4 is 16.0 Å². The van der Waals surface area contributed by atoms with E-state index in [4.69, 9.17) is 14.0 Å². The van der Waals surface area contributed by atoms with E-state index in [-0.39, 0.29) is 6.54 Å². The topological polar surface area (TPSA) is 149 Å². The number of rotatable bonds is 5. The molecule has 154 valence electrons.